The van der Waals surface area contributed by atoms with Crippen molar-refractivity contribution in [2.45, 2.75) is 32.5 Å². The Bertz CT molecular complexity index is 94.9. The average molecular weight is 148 g/mol. The Hall–Kier alpha value is -0.120. The molecule has 1 fully saturated rings. The molecule has 3 atom stereocenters. The molecule has 0 amide bonds. The summed E-state index contributed by atoms with van der Waals surface area (Å²) in [6, 6.07) is 0. The van der Waals surface area contributed by atoms with Gasteiger partial charge in [0, 0.05) is 6.61 Å². The lowest BCUT2D eigenvalue weighted by molar-refractivity contribution is -0.0851. The summed E-state index contributed by atoms with van der Waals surface area (Å²) in [4.78, 5) is 0. The van der Waals surface area contributed by atoms with E-state index < -0.39 is 0 Å². The fourth-order valence-corrected chi connectivity index (χ4v) is 1.10. The van der Waals surface area contributed by atoms with E-state index in [1.54, 1.807) is 0 Å². The summed E-state index contributed by atoms with van der Waals surface area (Å²) in [6.45, 7) is 4.81. The molecule has 0 radical (unpaired) electrons. The summed E-state index contributed by atoms with van der Waals surface area (Å²) in [6.07, 6.45) is 0.691. The van der Waals surface area contributed by atoms with E-state index in [2.05, 4.69) is 6.92 Å². The van der Waals surface area contributed by atoms with E-state index in [1.165, 1.54) is 0 Å². The molecule has 3 N–H and O–H groups in total. The van der Waals surface area contributed by atoms with Crippen LogP contribution in [0.15, 0.2) is 0 Å². The second kappa shape index (κ2) is 3.91. The van der Waals surface area contributed by atoms with Crippen LogP contribution >= 0.6 is 0 Å². The summed E-state index contributed by atoms with van der Waals surface area (Å²) in [5.41, 5.74) is 0. The van der Waals surface area contributed by atoms with E-state index in [9.17, 15) is 5.11 Å². The zero-order valence-corrected chi connectivity index (χ0v) is 6.50. The first-order valence-corrected chi connectivity index (χ1v) is 3.50. The van der Waals surface area contributed by atoms with Crippen LogP contribution in [0.4, 0.5) is 0 Å². The number of aliphatic hydroxyl groups is 1. The molecule has 1 saturated heterocycles. The normalized spacial score (nSPS) is 40.5. The third-order valence-corrected chi connectivity index (χ3v) is 1.83. The maximum Gasteiger partial charge on any atom is 0.0806 e. The maximum absolute atomic E-state index is 9.22. The Labute approximate surface area is 61.3 Å². The van der Waals surface area contributed by atoms with Gasteiger partial charge in [0.2, 0.25) is 0 Å². The number of hydrogen-bond donors (Lipinski definition) is 1. The Kier molecular flexibility index (Phi) is 3.86. The molecule has 0 aliphatic carbocycles. The highest BCUT2D eigenvalue weighted by molar-refractivity contribution is 4.72. The molecule has 0 aromatic rings. The minimum atomic E-state index is -0.242. The van der Waals surface area contributed by atoms with Crippen LogP contribution in [-0.2, 0) is 4.74 Å². The van der Waals surface area contributed by atoms with Crippen LogP contribution in [0.2, 0.25) is 0 Å². The maximum atomic E-state index is 9.22. The smallest absolute Gasteiger partial charge is 0.0806 e. The molecular weight excluding hydrogens is 132 g/mol. The number of rotatable bonds is 0. The topological polar surface area (TPSA) is 61.0 Å². The molecular formula is C7H16O3. The molecule has 3 heteroatoms. The highest BCUT2D eigenvalue weighted by Gasteiger charge is 2.23. The fourth-order valence-electron chi connectivity index (χ4n) is 1.10. The van der Waals surface area contributed by atoms with Gasteiger partial charge in [0.05, 0.1) is 12.2 Å². The van der Waals surface area contributed by atoms with Crippen molar-refractivity contribution in [3.63, 3.8) is 0 Å². The van der Waals surface area contributed by atoms with Crippen LogP contribution in [0.5, 0.6) is 0 Å². The van der Waals surface area contributed by atoms with Crippen molar-refractivity contribution in [1.82, 2.24) is 0 Å². The van der Waals surface area contributed by atoms with Crippen molar-refractivity contribution >= 4 is 0 Å². The Morgan fingerprint density at radius 3 is 2.40 bits per heavy atom. The van der Waals surface area contributed by atoms with E-state index in [4.69, 9.17) is 4.74 Å². The molecule has 10 heavy (non-hydrogen) atoms. The molecule has 62 valence electrons. The van der Waals surface area contributed by atoms with Crippen molar-refractivity contribution in [3.05, 3.63) is 0 Å². The third kappa shape index (κ3) is 2.25. The first-order chi connectivity index (χ1) is 4.20. The highest BCUT2D eigenvalue weighted by Crippen LogP contribution is 2.17. The second-order valence-corrected chi connectivity index (χ2v) is 2.95. The van der Waals surface area contributed by atoms with Gasteiger partial charge in [0.25, 0.3) is 0 Å². The first-order valence-electron chi connectivity index (χ1n) is 3.50. The van der Waals surface area contributed by atoms with Crippen molar-refractivity contribution in [1.29, 1.82) is 0 Å². The standard InChI is InChI=1S/C7H14O2.H2O/c1-5-3-7(8)6(2)9-4-5;/h5-8H,3-4H2,1-2H3;1H2/t5-,6+,7+;/m0./s1. The van der Waals surface area contributed by atoms with Crippen LogP contribution < -0.4 is 0 Å². The second-order valence-electron chi connectivity index (χ2n) is 2.95. The first kappa shape index (κ1) is 9.88. The Balaban J connectivity index is 0.000000810. The molecule has 3 nitrogen and oxygen atoms in total. The zero-order chi connectivity index (χ0) is 6.85. The zero-order valence-electron chi connectivity index (χ0n) is 6.50. The molecule has 0 unspecified atom stereocenters. The molecule has 0 bridgehead atoms. The summed E-state index contributed by atoms with van der Waals surface area (Å²) < 4.78 is 5.25. The van der Waals surface area contributed by atoms with Crippen molar-refractivity contribution in [2.24, 2.45) is 5.92 Å². The van der Waals surface area contributed by atoms with Gasteiger partial charge in [0.1, 0.15) is 0 Å². The van der Waals surface area contributed by atoms with Crippen molar-refractivity contribution < 1.29 is 15.3 Å². The monoisotopic (exact) mass is 148 g/mol. The Morgan fingerprint density at radius 1 is 1.40 bits per heavy atom. The lowest BCUT2D eigenvalue weighted by Gasteiger charge is -2.28. The fraction of sp³-hybridized carbons (Fsp3) is 1.00. The largest absolute Gasteiger partial charge is 0.412 e. The minimum Gasteiger partial charge on any atom is -0.412 e. The highest BCUT2D eigenvalue weighted by atomic mass is 16.5. The number of ether oxygens (including phenoxy) is 1. The van der Waals surface area contributed by atoms with E-state index in [1.807, 2.05) is 6.92 Å². The van der Waals surface area contributed by atoms with Gasteiger partial charge in [0.15, 0.2) is 0 Å². The molecule has 0 aromatic heterocycles. The predicted octanol–water partition coefficient (Wildman–Crippen LogP) is -0.0325. The SMILES string of the molecule is C[C@@H]1CO[C@H](C)[C@H](O)C1.O. The summed E-state index contributed by atoms with van der Waals surface area (Å²) in [5.74, 6) is 0.524. The van der Waals surface area contributed by atoms with E-state index >= 15 is 0 Å². The van der Waals surface area contributed by atoms with E-state index in [0.717, 1.165) is 13.0 Å². The quantitative estimate of drug-likeness (QED) is 0.524. The molecule has 1 heterocycles. The van der Waals surface area contributed by atoms with Gasteiger partial charge in [-0.05, 0) is 19.3 Å². The van der Waals surface area contributed by atoms with Gasteiger partial charge in [-0.25, -0.2) is 0 Å². The van der Waals surface area contributed by atoms with Crippen LogP contribution in [0.1, 0.15) is 20.3 Å². The van der Waals surface area contributed by atoms with Gasteiger partial charge in [-0.2, -0.15) is 0 Å². The lowest BCUT2D eigenvalue weighted by Crippen LogP contribution is -2.35. The molecule has 1 aliphatic rings. The Morgan fingerprint density at radius 2 is 2.00 bits per heavy atom. The van der Waals surface area contributed by atoms with Gasteiger partial charge in [-0.1, -0.05) is 6.92 Å². The minimum absolute atomic E-state index is 0. The van der Waals surface area contributed by atoms with E-state index in [0.29, 0.717) is 5.92 Å². The van der Waals surface area contributed by atoms with Gasteiger partial charge in [-0.3, -0.25) is 0 Å². The summed E-state index contributed by atoms with van der Waals surface area (Å²) in [7, 11) is 0. The van der Waals surface area contributed by atoms with Crippen LogP contribution in [0.3, 0.4) is 0 Å². The van der Waals surface area contributed by atoms with E-state index in [-0.39, 0.29) is 17.7 Å². The summed E-state index contributed by atoms with van der Waals surface area (Å²) in [5, 5.41) is 9.22. The van der Waals surface area contributed by atoms with Gasteiger partial charge >= 0.3 is 0 Å². The van der Waals surface area contributed by atoms with Crippen molar-refractivity contribution in [2.75, 3.05) is 6.61 Å². The number of aliphatic hydroxyl groups excluding tert-OH is 1. The molecule has 1 rings (SSSR count). The average Bonchev–Trinajstić information content (AvgIpc) is 1.80. The van der Waals surface area contributed by atoms with Crippen LogP contribution in [0, 0.1) is 5.92 Å². The third-order valence-electron chi connectivity index (χ3n) is 1.83. The van der Waals surface area contributed by atoms with Gasteiger partial charge in [-0.15, -0.1) is 0 Å². The molecule has 0 aromatic carbocycles. The molecule has 1 aliphatic heterocycles. The molecule has 0 saturated carbocycles. The predicted molar refractivity (Wildman–Crippen MR) is 38.8 cm³/mol. The van der Waals surface area contributed by atoms with Crippen LogP contribution in [-0.4, -0.2) is 29.4 Å². The van der Waals surface area contributed by atoms with Gasteiger partial charge < -0.3 is 15.3 Å². The molecule has 0 spiro atoms. The number of hydrogen-bond acceptors (Lipinski definition) is 2. The lowest BCUT2D eigenvalue weighted by atomic mass is 9.98. The summed E-state index contributed by atoms with van der Waals surface area (Å²) >= 11 is 0. The van der Waals surface area contributed by atoms with Crippen molar-refractivity contribution in [3.8, 4) is 0 Å². The van der Waals surface area contributed by atoms with Crippen LogP contribution in [0.25, 0.3) is 0 Å².